The second-order valence-electron chi connectivity index (χ2n) is 7.82. The van der Waals surface area contributed by atoms with Crippen molar-refractivity contribution in [2.24, 2.45) is 9.98 Å². The number of carbonyl (C=O) groups excluding carboxylic acids is 1. The van der Waals surface area contributed by atoms with Crippen molar-refractivity contribution < 1.29 is 9.53 Å². The quantitative estimate of drug-likeness (QED) is 0.763. The lowest BCUT2D eigenvalue weighted by Crippen LogP contribution is -2.53. The standard InChI is InChI=1S/C21H26N6O2S/c28-19-17(20-24-15-6-1-2-7-16(15)30-20)18(23-14-5-3-4-8-22-13-14)25-21(26-19)27-9-11-29-12-10-27/h1-2,6-7,14,17,22H,3-5,8-13H2,(H,23,25,26,28)/t14-,17?/m1/s1. The summed E-state index contributed by atoms with van der Waals surface area (Å²) in [4.78, 5) is 29.9. The van der Waals surface area contributed by atoms with Crippen molar-refractivity contribution in [2.45, 2.75) is 31.2 Å². The number of fused-ring (bicyclic) bond motifs is 1. The fourth-order valence-corrected chi connectivity index (χ4v) is 5.13. The molecule has 2 saturated heterocycles. The van der Waals surface area contributed by atoms with Crippen LogP contribution in [0.25, 0.3) is 10.2 Å². The van der Waals surface area contributed by atoms with Gasteiger partial charge in [-0.1, -0.05) is 18.6 Å². The van der Waals surface area contributed by atoms with E-state index in [1.165, 1.54) is 0 Å². The van der Waals surface area contributed by atoms with Crippen LogP contribution in [0.4, 0.5) is 0 Å². The summed E-state index contributed by atoms with van der Waals surface area (Å²) in [5.41, 5.74) is 0.906. The van der Waals surface area contributed by atoms with Gasteiger partial charge in [-0.25, -0.2) is 4.98 Å². The van der Waals surface area contributed by atoms with Crippen LogP contribution in [0.5, 0.6) is 0 Å². The lowest BCUT2D eigenvalue weighted by atomic mass is 10.1. The van der Waals surface area contributed by atoms with Gasteiger partial charge in [0.25, 0.3) is 0 Å². The number of carbonyl (C=O) groups is 1. The van der Waals surface area contributed by atoms with Crippen LogP contribution >= 0.6 is 11.3 Å². The summed E-state index contributed by atoms with van der Waals surface area (Å²) in [6.07, 6.45) is 3.30. The molecule has 8 nitrogen and oxygen atoms in total. The van der Waals surface area contributed by atoms with E-state index in [-0.39, 0.29) is 11.9 Å². The van der Waals surface area contributed by atoms with E-state index in [1.54, 1.807) is 11.3 Å². The van der Waals surface area contributed by atoms with Crippen molar-refractivity contribution in [2.75, 3.05) is 39.4 Å². The third-order valence-electron chi connectivity index (χ3n) is 5.68. The number of amides is 1. The van der Waals surface area contributed by atoms with Gasteiger partial charge in [0.2, 0.25) is 11.9 Å². The van der Waals surface area contributed by atoms with E-state index in [1.807, 2.05) is 24.3 Å². The number of amidine groups is 1. The molecule has 3 aliphatic rings. The number of nitrogens with one attached hydrogen (secondary N) is 2. The fourth-order valence-electron chi connectivity index (χ4n) is 4.06. The molecule has 0 aliphatic carbocycles. The molecule has 2 fully saturated rings. The number of morpholine rings is 1. The lowest BCUT2D eigenvalue weighted by molar-refractivity contribution is -0.120. The Morgan fingerprint density at radius 2 is 2.07 bits per heavy atom. The lowest BCUT2D eigenvalue weighted by Gasteiger charge is -2.33. The number of ether oxygens (including phenoxy) is 1. The monoisotopic (exact) mass is 426 g/mol. The van der Waals surface area contributed by atoms with E-state index >= 15 is 0 Å². The molecule has 2 atom stereocenters. The Labute approximate surface area is 179 Å². The van der Waals surface area contributed by atoms with Gasteiger partial charge in [-0.2, -0.15) is 4.99 Å². The van der Waals surface area contributed by atoms with E-state index < -0.39 is 5.92 Å². The molecule has 1 aromatic heterocycles. The number of aliphatic imine (C=N–C) groups is 2. The van der Waals surface area contributed by atoms with Gasteiger partial charge >= 0.3 is 0 Å². The molecule has 0 bridgehead atoms. The molecule has 158 valence electrons. The van der Waals surface area contributed by atoms with Gasteiger partial charge in [-0.15, -0.1) is 11.3 Å². The van der Waals surface area contributed by atoms with E-state index in [9.17, 15) is 4.79 Å². The first kappa shape index (κ1) is 19.6. The van der Waals surface area contributed by atoms with Crippen LogP contribution in [0.3, 0.4) is 0 Å². The van der Waals surface area contributed by atoms with Crippen LogP contribution < -0.4 is 10.6 Å². The molecule has 2 N–H and O–H groups in total. The second kappa shape index (κ2) is 8.79. The molecular formula is C21H26N6O2S. The summed E-state index contributed by atoms with van der Waals surface area (Å²) < 4.78 is 6.52. The molecule has 5 rings (SSSR count). The number of thiazole rings is 1. The second-order valence-corrected chi connectivity index (χ2v) is 8.88. The number of hydrogen-bond donors (Lipinski definition) is 2. The maximum Gasteiger partial charge on any atom is 0.244 e. The number of aromatic nitrogens is 1. The van der Waals surface area contributed by atoms with Gasteiger partial charge < -0.3 is 15.0 Å². The summed E-state index contributed by atoms with van der Waals surface area (Å²) in [6, 6.07) is 8.09. The summed E-state index contributed by atoms with van der Waals surface area (Å²) in [5.74, 6) is 0.482. The number of para-hydroxylation sites is 1. The average Bonchev–Trinajstić information content (AvgIpc) is 3.02. The predicted molar refractivity (Wildman–Crippen MR) is 118 cm³/mol. The highest BCUT2D eigenvalue weighted by molar-refractivity contribution is 7.18. The molecule has 4 heterocycles. The van der Waals surface area contributed by atoms with Crippen molar-refractivity contribution in [1.29, 1.82) is 0 Å². The van der Waals surface area contributed by atoms with Crippen LogP contribution in [0.2, 0.25) is 0 Å². The van der Waals surface area contributed by atoms with Gasteiger partial charge in [-0.05, 0) is 31.5 Å². The Balaban J connectivity index is 1.53. The zero-order chi connectivity index (χ0) is 20.3. The minimum absolute atomic E-state index is 0.106. The molecule has 1 unspecified atom stereocenters. The van der Waals surface area contributed by atoms with Crippen molar-refractivity contribution in [3.05, 3.63) is 29.3 Å². The Bertz CT molecular complexity index is 940. The number of nitrogens with zero attached hydrogens (tertiary/aromatic N) is 4. The van der Waals surface area contributed by atoms with Gasteiger partial charge in [0.05, 0.1) is 29.5 Å². The molecule has 0 radical (unpaired) electrons. The predicted octanol–water partition coefficient (Wildman–Crippen LogP) is 1.74. The molecule has 9 heteroatoms. The molecular weight excluding hydrogens is 400 g/mol. The first-order chi connectivity index (χ1) is 14.8. The maximum atomic E-state index is 13.3. The first-order valence-corrected chi connectivity index (χ1v) is 11.5. The Hall–Kier alpha value is -2.36. The Morgan fingerprint density at radius 3 is 2.93 bits per heavy atom. The smallest absolute Gasteiger partial charge is 0.244 e. The SMILES string of the molecule is O=C1NC(N2CCOCC2)=NC(=N[C@@H]2CCCCNC2)C1c1nc2ccccc2s1. The van der Waals surface area contributed by atoms with Crippen molar-refractivity contribution in [1.82, 2.24) is 20.5 Å². The summed E-state index contributed by atoms with van der Waals surface area (Å²) in [7, 11) is 0. The van der Waals surface area contributed by atoms with E-state index in [2.05, 4.69) is 15.5 Å². The van der Waals surface area contributed by atoms with Crippen molar-refractivity contribution in [3.63, 3.8) is 0 Å². The number of rotatable bonds is 2. The van der Waals surface area contributed by atoms with Gasteiger partial charge in [-0.3, -0.25) is 15.1 Å². The normalized spacial score (nSPS) is 27.1. The minimum atomic E-state index is -0.574. The molecule has 0 spiro atoms. The van der Waals surface area contributed by atoms with Crippen LogP contribution in [0, 0.1) is 0 Å². The average molecular weight is 427 g/mol. The van der Waals surface area contributed by atoms with E-state index in [0.29, 0.717) is 38.1 Å². The molecule has 30 heavy (non-hydrogen) atoms. The molecule has 3 aliphatic heterocycles. The zero-order valence-corrected chi connectivity index (χ0v) is 17.7. The van der Waals surface area contributed by atoms with E-state index in [4.69, 9.17) is 19.7 Å². The molecule has 0 saturated carbocycles. The van der Waals surface area contributed by atoms with Crippen molar-refractivity contribution >= 4 is 39.3 Å². The van der Waals surface area contributed by atoms with Crippen molar-refractivity contribution in [3.8, 4) is 0 Å². The largest absolute Gasteiger partial charge is 0.378 e. The Kier molecular flexibility index (Phi) is 5.74. The third-order valence-corrected chi connectivity index (χ3v) is 6.78. The van der Waals surface area contributed by atoms with Crippen LogP contribution in [-0.4, -0.2) is 73.0 Å². The first-order valence-electron chi connectivity index (χ1n) is 10.6. The minimum Gasteiger partial charge on any atom is -0.378 e. The van der Waals surface area contributed by atoms with Crippen LogP contribution in [0.15, 0.2) is 34.3 Å². The Morgan fingerprint density at radius 1 is 1.20 bits per heavy atom. The van der Waals surface area contributed by atoms with Crippen LogP contribution in [0.1, 0.15) is 30.2 Å². The highest BCUT2D eigenvalue weighted by Gasteiger charge is 2.36. The summed E-state index contributed by atoms with van der Waals surface area (Å²) in [5, 5.41) is 7.21. The topological polar surface area (TPSA) is 91.2 Å². The van der Waals surface area contributed by atoms with E-state index in [0.717, 1.165) is 47.6 Å². The summed E-state index contributed by atoms with van der Waals surface area (Å²) in [6.45, 7) is 4.53. The number of benzene rings is 1. The van der Waals surface area contributed by atoms with Crippen LogP contribution in [-0.2, 0) is 9.53 Å². The fraction of sp³-hybridized carbons (Fsp3) is 0.524. The van der Waals surface area contributed by atoms with Gasteiger partial charge in [0.1, 0.15) is 16.8 Å². The molecule has 1 amide bonds. The number of guanidine groups is 1. The zero-order valence-electron chi connectivity index (χ0n) is 16.8. The maximum absolute atomic E-state index is 13.3. The van der Waals surface area contributed by atoms with Gasteiger partial charge in [0.15, 0.2) is 0 Å². The molecule has 2 aromatic rings. The third kappa shape index (κ3) is 4.10. The number of hydrogen-bond acceptors (Lipinski definition) is 7. The highest BCUT2D eigenvalue weighted by atomic mass is 32.1. The van der Waals surface area contributed by atoms with Gasteiger partial charge in [0, 0.05) is 19.6 Å². The highest BCUT2D eigenvalue weighted by Crippen LogP contribution is 2.31. The summed E-state index contributed by atoms with van der Waals surface area (Å²) >= 11 is 1.54. The molecule has 1 aromatic carbocycles.